The lowest BCUT2D eigenvalue weighted by Crippen LogP contribution is -2.25. The van der Waals surface area contributed by atoms with Crippen molar-refractivity contribution in [3.8, 4) is 0 Å². The predicted octanol–water partition coefficient (Wildman–Crippen LogP) is 2.27. The lowest BCUT2D eigenvalue weighted by atomic mass is 9.96. The van der Waals surface area contributed by atoms with Crippen LogP contribution in [0.25, 0.3) is 0 Å². The Kier molecular flexibility index (Phi) is 5.44. The van der Waals surface area contributed by atoms with Crippen LogP contribution in [0.1, 0.15) is 52.0 Å². The number of nitrogens with zero attached hydrogens (tertiary/aromatic N) is 4. The van der Waals surface area contributed by atoms with Crippen molar-refractivity contribution in [2.45, 2.75) is 63.2 Å². The highest BCUT2D eigenvalue weighted by molar-refractivity contribution is 7.99. The largest absolute Gasteiger partial charge is 0.314 e. The molecule has 0 atom stereocenters. The zero-order valence-corrected chi connectivity index (χ0v) is 12.1. The summed E-state index contributed by atoms with van der Waals surface area (Å²) in [6.45, 7) is 5.33. The van der Waals surface area contributed by atoms with Gasteiger partial charge in [0.15, 0.2) is 0 Å². The zero-order valence-electron chi connectivity index (χ0n) is 11.3. The Hall–Kier alpha value is -0.620. The third kappa shape index (κ3) is 3.95. The monoisotopic (exact) mass is 269 g/mol. The fourth-order valence-corrected chi connectivity index (χ4v) is 3.14. The van der Waals surface area contributed by atoms with E-state index in [0.29, 0.717) is 12.1 Å². The highest BCUT2D eigenvalue weighted by atomic mass is 32.2. The third-order valence-electron chi connectivity index (χ3n) is 3.27. The highest BCUT2D eigenvalue weighted by Gasteiger charge is 2.19. The molecule has 1 aliphatic carbocycles. The van der Waals surface area contributed by atoms with E-state index in [0.717, 1.165) is 17.5 Å². The molecule has 0 bridgehead atoms. The number of hydrogen-bond donors (Lipinski definition) is 1. The van der Waals surface area contributed by atoms with Crippen LogP contribution < -0.4 is 5.32 Å². The van der Waals surface area contributed by atoms with Gasteiger partial charge in [0.25, 0.3) is 0 Å². The second-order valence-electron chi connectivity index (χ2n) is 5.16. The van der Waals surface area contributed by atoms with Gasteiger partial charge in [-0.3, -0.25) is 0 Å². The standard InChI is InChI=1S/C12H23N5S/c1-10(2)13-8-9-18-12-14-15-16-17(12)11-6-4-3-5-7-11/h10-11,13H,3-9H2,1-2H3. The Morgan fingerprint density at radius 1 is 1.33 bits per heavy atom. The van der Waals surface area contributed by atoms with E-state index in [-0.39, 0.29) is 0 Å². The van der Waals surface area contributed by atoms with Crippen LogP contribution in [0.15, 0.2) is 5.16 Å². The van der Waals surface area contributed by atoms with Crippen LogP contribution in [0, 0.1) is 0 Å². The number of hydrogen-bond acceptors (Lipinski definition) is 5. The number of rotatable bonds is 6. The zero-order chi connectivity index (χ0) is 12.8. The summed E-state index contributed by atoms with van der Waals surface area (Å²) in [5.41, 5.74) is 0. The van der Waals surface area contributed by atoms with Crippen molar-refractivity contribution in [2.24, 2.45) is 0 Å². The van der Waals surface area contributed by atoms with E-state index in [1.807, 2.05) is 4.68 Å². The molecular formula is C12H23N5S. The molecule has 0 aliphatic heterocycles. The molecule has 0 saturated heterocycles. The van der Waals surface area contributed by atoms with Gasteiger partial charge < -0.3 is 5.32 Å². The molecule has 1 heterocycles. The van der Waals surface area contributed by atoms with Gasteiger partial charge in [0, 0.05) is 18.3 Å². The van der Waals surface area contributed by atoms with Gasteiger partial charge in [0.05, 0.1) is 6.04 Å². The number of thioether (sulfide) groups is 1. The molecule has 0 unspecified atom stereocenters. The molecule has 0 amide bonds. The van der Waals surface area contributed by atoms with Crippen LogP contribution in [0.2, 0.25) is 0 Å². The van der Waals surface area contributed by atoms with Gasteiger partial charge in [-0.25, -0.2) is 4.68 Å². The summed E-state index contributed by atoms with van der Waals surface area (Å²) in [6, 6.07) is 1.06. The maximum absolute atomic E-state index is 4.17. The Morgan fingerprint density at radius 2 is 2.11 bits per heavy atom. The first kappa shape index (κ1) is 13.8. The van der Waals surface area contributed by atoms with E-state index >= 15 is 0 Å². The average Bonchev–Trinajstić information content (AvgIpc) is 2.84. The van der Waals surface area contributed by atoms with Crippen LogP contribution in [0.5, 0.6) is 0 Å². The predicted molar refractivity (Wildman–Crippen MR) is 73.8 cm³/mol. The number of nitrogens with one attached hydrogen (secondary N) is 1. The van der Waals surface area contributed by atoms with E-state index in [1.54, 1.807) is 11.8 Å². The fourth-order valence-electron chi connectivity index (χ4n) is 2.33. The van der Waals surface area contributed by atoms with Crippen molar-refractivity contribution in [3.63, 3.8) is 0 Å². The summed E-state index contributed by atoms with van der Waals surface area (Å²) in [5, 5.41) is 16.5. The molecule has 0 radical (unpaired) electrons. The first-order chi connectivity index (χ1) is 8.77. The van der Waals surface area contributed by atoms with Gasteiger partial charge in [-0.05, 0) is 23.3 Å². The summed E-state index contributed by atoms with van der Waals surface area (Å²) in [7, 11) is 0. The van der Waals surface area contributed by atoms with Crippen LogP contribution >= 0.6 is 11.8 Å². The van der Waals surface area contributed by atoms with Crippen molar-refractivity contribution in [3.05, 3.63) is 0 Å². The highest BCUT2D eigenvalue weighted by Crippen LogP contribution is 2.29. The minimum atomic E-state index is 0.523. The van der Waals surface area contributed by atoms with Gasteiger partial charge in [0.2, 0.25) is 5.16 Å². The second kappa shape index (κ2) is 7.09. The van der Waals surface area contributed by atoms with E-state index < -0.39 is 0 Å². The molecule has 1 N–H and O–H groups in total. The normalized spacial score (nSPS) is 17.5. The summed E-state index contributed by atoms with van der Waals surface area (Å²) in [4.78, 5) is 0. The van der Waals surface area contributed by atoms with Crippen molar-refractivity contribution < 1.29 is 0 Å². The maximum Gasteiger partial charge on any atom is 0.209 e. The van der Waals surface area contributed by atoms with Crippen molar-refractivity contribution in [2.75, 3.05) is 12.3 Å². The fraction of sp³-hybridized carbons (Fsp3) is 0.917. The van der Waals surface area contributed by atoms with Gasteiger partial charge in [-0.2, -0.15) is 0 Å². The van der Waals surface area contributed by atoms with Crippen molar-refractivity contribution >= 4 is 11.8 Å². The Balaban J connectivity index is 1.83. The first-order valence-corrected chi connectivity index (χ1v) is 7.90. The van der Waals surface area contributed by atoms with Gasteiger partial charge in [-0.15, -0.1) is 5.10 Å². The molecule has 102 valence electrons. The quantitative estimate of drug-likeness (QED) is 0.634. The molecular weight excluding hydrogens is 246 g/mol. The van der Waals surface area contributed by atoms with Crippen molar-refractivity contribution in [1.29, 1.82) is 0 Å². The molecule has 1 aliphatic rings. The van der Waals surface area contributed by atoms with Crippen LogP contribution in [-0.2, 0) is 0 Å². The first-order valence-electron chi connectivity index (χ1n) is 6.91. The SMILES string of the molecule is CC(C)NCCSc1nnnn1C1CCCCC1. The van der Waals surface area contributed by atoms with Crippen LogP contribution in [0.3, 0.4) is 0 Å². The number of tetrazole rings is 1. The van der Waals surface area contributed by atoms with Gasteiger partial charge >= 0.3 is 0 Å². The number of aromatic nitrogens is 4. The Labute approximate surface area is 113 Å². The van der Waals surface area contributed by atoms with Gasteiger partial charge in [-0.1, -0.05) is 44.9 Å². The minimum absolute atomic E-state index is 0.523. The maximum atomic E-state index is 4.17. The Morgan fingerprint density at radius 3 is 2.83 bits per heavy atom. The molecule has 1 aromatic rings. The second-order valence-corrected chi connectivity index (χ2v) is 6.22. The topological polar surface area (TPSA) is 55.6 Å². The molecule has 1 fully saturated rings. The average molecular weight is 269 g/mol. The molecule has 1 aromatic heterocycles. The molecule has 6 heteroatoms. The smallest absolute Gasteiger partial charge is 0.209 e. The van der Waals surface area contributed by atoms with E-state index in [2.05, 4.69) is 34.7 Å². The molecule has 2 rings (SSSR count). The lowest BCUT2D eigenvalue weighted by molar-refractivity contribution is 0.307. The van der Waals surface area contributed by atoms with E-state index in [4.69, 9.17) is 0 Å². The molecule has 0 aromatic carbocycles. The van der Waals surface area contributed by atoms with Crippen LogP contribution in [0.4, 0.5) is 0 Å². The summed E-state index contributed by atoms with van der Waals surface area (Å²) in [6.07, 6.45) is 6.43. The summed E-state index contributed by atoms with van der Waals surface area (Å²) < 4.78 is 2.04. The summed E-state index contributed by atoms with van der Waals surface area (Å²) in [5.74, 6) is 1.02. The summed E-state index contributed by atoms with van der Waals surface area (Å²) >= 11 is 1.75. The van der Waals surface area contributed by atoms with E-state index in [9.17, 15) is 0 Å². The third-order valence-corrected chi connectivity index (χ3v) is 4.20. The van der Waals surface area contributed by atoms with Crippen molar-refractivity contribution in [1.82, 2.24) is 25.5 Å². The minimum Gasteiger partial charge on any atom is -0.314 e. The lowest BCUT2D eigenvalue weighted by Gasteiger charge is -2.22. The molecule has 5 nitrogen and oxygen atoms in total. The van der Waals surface area contributed by atoms with Crippen LogP contribution in [-0.4, -0.2) is 38.5 Å². The van der Waals surface area contributed by atoms with E-state index in [1.165, 1.54) is 32.1 Å². The molecule has 1 saturated carbocycles. The Bertz CT molecular complexity index is 346. The molecule has 18 heavy (non-hydrogen) atoms. The molecule has 0 spiro atoms. The van der Waals surface area contributed by atoms with Gasteiger partial charge in [0.1, 0.15) is 0 Å².